The van der Waals surface area contributed by atoms with Crippen LogP contribution < -0.4 is 0 Å². The van der Waals surface area contributed by atoms with E-state index in [0.717, 1.165) is 17.0 Å². The summed E-state index contributed by atoms with van der Waals surface area (Å²) in [4.78, 5) is 25.4. The Morgan fingerprint density at radius 2 is 2.04 bits per heavy atom. The summed E-state index contributed by atoms with van der Waals surface area (Å²) in [6.07, 6.45) is 2.91. The summed E-state index contributed by atoms with van der Waals surface area (Å²) in [7, 11) is 0. The van der Waals surface area contributed by atoms with E-state index in [2.05, 4.69) is 5.10 Å². The van der Waals surface area contributed by atoms with Crippen molar-refractivity contribution in [2.75, 3.05) is 0 Å². The molecule has 0 amide bonds. The molecule has 1 saturated carbocycles. The van der Waals surface area contributed by atoms with Gasteiger partial charge in [-0.15, -0.1) is 11.3 Å². The predicted octanol–water partition coefficient (Wildman–Crippen LogP) is 3.88. The second-order valence-electron chi connectivity index (χ2n) is 5.90. The maximum Gasteiger partial charge on any atom is 0.342 e. The van der Waals surface area contributed by atoms with Gasteiger partial charge in [-0.1, -0.05) is 24.3 Å². The van der Waals surface area contributed by atoms with E-state index in [0.29, 0.717) is 24.1 Å². The van der Waals surface area contributed by atoms with Gasteiger partial charge < -0.3 is 4.74 Å². The van der Waals surface area contributed by atoms with Gasteiger partial charge in [-0.3, -0.25) is 4.79 Å². The monoisotopic (exact) mass is 352 g/mol. The lowest BCUT2D eigenvalue weighted by atomic mass is 10.2. The molecule has 126 valence electrons. The van der Waals surface area contributed by atoms with E-state index < -0.39 is 12.1 Å². The molecule has 3 aromatic rings. The summed E-state index contributed by atoms with van der Waals surface area (Å²) in [6, 6.07) is 13.4. The summed E-state index contributed by atoms with van der Waals surface area (Å²) in [5.74, 6) is -0.493. The largest absolute Gasteiger partial charge is 0.451 e. The molecule has 1 atom stereocenters. The van der Waals surface area contributed by atoms with E-state index in [1.165, 1.54) is 11.3 Å². The predicted molar refractivity (Wildman–Crippen MR) is 94.9 cm³/mol. The van der Waals surface area contributed by atoms with Crippen LogP contribution in [0.25, 0.3) is 16.3 Å². The Balaban J connectivity index is 1.71. The topological polar surface area (TPSA) is 61.2 Å². The highest BCUT2D eigenvalue weighted by atomic mass is 32.1. The third-order valence-electron chi connectivity index (χ3n) is 4.21. The zero-order valence-electron chi connectivity index (χ0n) is 13.4. The van der Waals surface area contributed by atoms with Crippen molar-refractivity contribution in [1.29, 1.82) is 0 Å². The molecule has 0 spiro atoms. The van der Waals surface area contributed by atoms with Crippen molar-refractivity contribution in [1.82, 2.24) is 9.78 Å². The molecule has 0 unspecified atom stereocenters. The second kappa shape index (κ2) is 6.64. The number of carbonyl (C=O) groups is 2. The van der Waals surface area contributed by atoms with Crippen molar-refractivity contribution >= 4 is 23.1 Å². The van der Waals surface area contributed by atoms with E-state index in [1.807, 2.05) is 47.8 Å². The number of esters is 1. The number of rotatable bonds is 4. The number of para-hydroxylation sites is 1. The molecule has 1 fully saturated rings. The molecule has 1 aliphatic rings. The Morgan fingerprint density at radius 3 is 2.72 bits per heavy atom. The molecule has 0 saturated heterocycles. The molecule has 6 heteroatoms. The number of thiophene rings is 1. The number of nitrogens with zero attached hydrogens (tertiary/aromatic N) is 2. The van der Waals surface area contributed by atoms with Crippen LogP contribution in [-0.2, 0) is 9.53 Å². The number of benzene rings is 1. The molecule has 4 rings (SSSR count). The van der Waals surface area contributed by atoms with Crippen molar-refractivity contribution < 1.29 is 14.3 Å². The lowest BCUT2D eigenvalue weighted by Crippen LogP contribution is -2.22. The van der Waals surface area contributed by atoms with Gasteiger partial charge in [0, 0.05) is 12.6 Å². The maximum absolute atomic E-state index is 12.7. The maximum atomic E-state index is 12.7. The summed E-state index contributed by atoms with van der Waals surface area (Å²) < 4.78 is 7.13. The van der Waals surface area contributed by atoms with Crippen LogP contribution in [0.3, 0.4) is 0 Å². The van der Waals surface area contributed by atoms with Gasteiger partial charge in [-0.05, 0) is 36.4 Å². The average molecular weight is 352 g/mol. The Kier molecular flexibility index (Phi) is 4.19. The molecule has 2 heterocycles. The van der Waals surface area contributed by atoms with Gasteiger partial charge in [0.2, 0.25) is 0 Å². The van der Waals surface area contributed by atoms with Gasteiger partial charge in [0.15, 0.2) is 11.9 Å². The minimum absolute atomic E-state index is 0.00137. The molecule has 25 heavy (non-hydrogen) atoms. The number of hydrogen-bond acceptors (Lipinski definition) is 5. The van der Waals surface area contributed by atoms with Crippen molar-refractivity contribution in [2.24, 2.45) is 0 Å². The molecule has 0 N–H and O–H groups in total. The third kappa shape index (κ3) is 3.13. The first-order chi connectivity index (χ1) is 12.2. The van der Waals surface area contributed by atoms with Crippen LogP contribution in [0, 0.1) is 0 Å². The van der Waals surface area contributed by atoms with Crippen LogP contribution in [-0.4, -0.2) is 27.6 Å². The number of ether oxygens (including phenoxy) is 1. The van der Waals surface area contributed by atoms with Crippen molar-refractivity contribution in [3.05, 3.63) is 59.6 Å². The van der Waals surface area contributed by atoms with Crippen LogP contribution in [0.1, 0.15) is 29.6 Å². The first kappa shape index (κ1) is 15.8. The van der Waals surface area contributed by atoms with Crippen molar-refractivity contribution in [2.45, 2.75) is 25.4 Å². The van der Waals surface area contributed by atoms with Crippen LogP contribution in [0.5, 0.6) is 0 Å². The Bertz CT molecular complexity index is 900. The summed E-state index contributed by atoms with van der Waals surface area (Å²) in [5.41, 5.74) is 1.82. The standard InChI is InChI=1S/C19H16N2O3S/c22-15-8-4-9-16(15)24-19(23)14-12-21(13-6-2-1-3-7-13)20-18(14)17-10-5-11-25-17/h1-3,5-7,10-12,16H,4,8-9H2/t16-/m0/s1. The molecule has 2 aromatic heterocycles. The lowest BCUT2D eigenvalue weighted by Gasteiger charge is -2.09. The molecular weight excluding hydrogens is 336 g/mol. The first-order valence-corrected chi connectivity index (χ1v) is 9.03. The number of aromatic nitrogens is 2. The second-order valence-corrected chi connectivity index (χ2v) is 6.85. The molecule has 0 radical (unpaired) electrons. The van der Waals surface area contributed by atoms with Gasteiger partial charge in [-0.25, -0.2) is 9.48 Å². The van der Waals surface area contributed by atoms with Crippen LogP contribution >= 0.6 is 11.3 Å². The quantitative estimate of drug-likeness (QED) is 0.669. The number of carbonyl (C=O) groups excluding carboxylic acids is 2. The molecule has 5 nitrogen and oxygen atoms in total. The number of hydrogen-bond donors (Lipinski definition) is 0. The highest BCUT2D eigenvalue weighted by Gasteiger charge is 2.30. The van der Waals surface area contributed by atoms with E-state index in [-0.39, 0.29) is 5.78 Å². The van der Waals surface area contributed by atoms with Gasteiger partial charge in [0.25, 0.3) is 0 Å². The summed E-state index contributed by atoms with van der Waals surface area (Å²) in [5, 5.41) is 6.52. The van der Waals surface area contributed by atoms with Gasteiger partial charge >= 0.3 is 5.97 Å². The Labute approximate surface area is 148 Å². The van der Waals surface area contributed by atoms with Crippen LogP contribution in [0.2, 0.25) is 0 Å². The first-order valence-electron chi connectivity index (χ1n) is 8.15. The Hall–Kier alpha value is -2.73. The highest BCUT2D eigenvalue weighted by Crippen LogP contribution is 2.29. The minimum atomic E-state index is -0.622. The average Bonchev–Trinajstić information content (AvgIpc) is 3.36. The van der Waals surface area contributed by atoms with Crippen LogP contribution in [0.15, 0.2) is 54.0 Å². The summed E-state index contributed by atoms with van der Waals surface area (Å²) in [6.45, 7) is 0. The molecule has 1 aliphatic carbocycles. The van der Waals surface area contributed by atoms with Crippen molar-refractivity contribution in [3.8, 4) is 16.3 Å². The SMILES string of the molecule is O=C(O[C@H]1CCCC1=O)c1cn(-c2ccccc2)nc1-c1cccs1. The zero-order chi connectivity index (χ0) is 17.2. The smallest absolute Gasteiger partial charge is 0.342 e. The fourth-order valence-corrected chi connectivity index (χ4v) is 3.66. The van der Waals surface area contributed by atoms with Crippen LogP contribution in [0.4, 0.5) is 0 Å². The minimum Gasteiger partial charge on any atom is -0.451 e. The molecule has 1 aromatic carbocycles. The highest BCUT2D eigenvalue weighted by molar-refractivity contribution is 7.13. The van der Waals surface area contributed by atoms with E-state index in [4.69, 9.17) is 4.74 Å². The number of ketones is 1. The lowest BCUT2D eigenvalue weighted by molar-refractivity contribution is -0.124. The fourth-order valence-electron chi connectivity index (χ4n) is 2.93. The fraction of sp³-hybridized carbons (Fsp3) is 0.211. The zero-order valence-corrected chi connectivity index (χ0v) is 14.2. The van der Waals surface area contributed by atoms with Crippen molar-refractivity contribution in [3.63, 3.8) is 0 Å². The van der Waals surface area contributed by atoms with E-state index in [9.17, 15) is 9.59 Å². The summed E-state index contributed by atoms with van der Waals surface area (Å²) >= 11 is 1.51. The third-order valence-corrected chi connectivity index (χ3v) is 5.08. The van der Waals surface area contributed by atoms with Gasteiger partial charge in [0.1, 0.15) is 11.3 Å². The molecular formula is C19H16N2O3S. The Morgan fingerprint density at radius 1 is 1.20 bits per heavy atom. The normalized spacial score (nSPS) is 17.0. The molecule has 0 aliphatic heterocycles. The van der Waals surface area contributed by atoms with Gasteiger partial charge in [0.05, 0.1) is 10.6 Å². The molecule has 0 bridgehead atoms. The number of Topliss-reactive ketones (excluding diaryl/α,β-unsaturated/α-hetero) is 1. The van der Waals surface area contributed by atoms with Gasteiger partial charge in [-0.2, -0.15) is 5.10 Å². The van der Waals surface area contributed by atoms with E-state index >= 15 is 0 Å². The van der Waals surface area contributed by atoms with E-state index in [1.54, 1.807) is 10.9 Å².